The maximum atomic E-state index is 12.1. The Hall–Kier alpha value is -2.65. The maximum Gasteiger partial charge on any atom is 0.357 e. The number of carbonyl (C=O) groups excluding carboxylic acids is 2. The van der Waals surface area contributed by atoms with E-state index in [0.29, 0.717) is 5.16 Å². The third-order valence-electron chi connectivity index (χ3n) is 3.49. The lowest BCUT2D eigenvalue weighted by molar-refractivity contribution is -0.156. The number of aromatic amines is 1. The Morgan fingerprint density at radius 1 is 1.26 bits per heavy atom. The van der Waals surface area contributed by atoms with Crippen molar-refractivity contribution in [3.8, 4) is 0 Å². The van der Waals surface area contributed by atoms with Gasteiger partial charge in [0, 0.05) is 12.5 Å². The molecule has 2 aromatic rings. The number of carbonyl (C=O) groups is 2. The summed E-state index contributed by atoms with van der Waals surface area (Å²) in [7, 11) is 1.26. The fraction of sp³-hybridized carbons (Fsp3) is 0.333. The molecular weight excluding hydrogens is 372 g/mol. The van der Waals surface area contributed by atoms with Crippen molar-refractivity contribution in [2.24, 2.45) is 0 Å². The Morgan fingerprint density at radius 2 is 2.00 bits per heavy atom. The number of ether oxygens (including phenoxy) is 3. The van der Waals surface area contributed by atoms with Crippen LogP contribution in [0, 0.1) is 0 Å². The second-order valence-corrected chi connectivity index (χ2v) is 6.17. The van der Waals surface area contributed by atoms with Crippen molar-refractivity contribution in [3.05, 3.63) is 58.0 Å². The van der Waals surface area contributed by atoms with Crippen molar-refractivity contribution in [2.45, 2.75) is 24.3 Å². The fourth-order valence-electron chi connectivity index (χ4n) is 2.14. The average Bonchev–Trinajstić information content (AvgIpc) is 2.69. The zero-order valence-corrected chi connectivity index (χ0v) is 15.8. The molecule has 1 atom stereocenters. The molecule has 9 heteroatoms. The smallest absolute Gasteiger partial charge is 0.357 e. The highest BCUT2D eigenvalue weighted by atomic mass is 32.2. The zero-order valence-electron chi connectivity index (χ0n) is 15.0. The molecule has 0 saturated carbocycles. The molecule has 0 spiro atoms. The van der Waals surface area contributed by atoms with Gasteiger partial charge in [-0.3, -0.25) is 4.79 Å². The molecular formula is C18H20N2O6S. The molecule has 2 rings (SSSR count). The lowest BCUT2D eigenvalue weighted by atomic mass is 10.2. The summed E-state index contributed by atoms with van der Waals surface area (Å²) in [5, 5.41) is 0.313. The van der Waals surface area contributed by atoms with Gasteiger partial charge < -0.3 is 19.2 Å². The van der Waals surface area contributed by atoms with Gasteiger partial charge in [0.05, 0.1) is 20.3 Å². The monoisotopic (exact) mass is 392 g/mol. The highest BCUT2D eigenvalue weighted by Crippen LogP contribution is 2.10. The van der Waals surface area contributed by atoms with Gasteiger partial charge in [-0.05, 0) is 11.8 Å². The molecule has 0 fully saturated rings. The Balaban J connectivity index is 1.90. The van der Waals surface area contributed by atoms with Crippen LogP contribution < -0.4 is 5.56 Å². The molecule has 0 radical (unpaired) electrons. The van der Waals surface area contributed by atoms with E-state index in [4.69, 9.17) is 14.2 Å². The van der Waals surface area contributed by atoms with Crippen LogP contribution in [0.15, 0.2) is 46.3 Å². The van der Waals surface area contributed by atoms with Gasteiger partial charge in [0.15, 0.2) is 17.0 Å². The summed E-state index contributed by atoms with van der Waals surface area (Å²) in [4.78, 5) is 41.9. The minimum atomic E-state index is -0.878. The maximum absolute atomic E-state index is 12.1. The van der Waals surface area contributed by atoms with Crippen LogP contribution in [0.3, 0.4) is 0 Å². The molecule has 0 aliphatic rings. The Morgan fingerprint density at radius 3 is 2.67 bits per heavy atom. The first kappa shape index (κ1) is 20.7. The second-order valence-electron chi connectivity index (χ2n) is 5.37. The van der Waals surface area contributed by atoms with Crippen molar-refractivity contribution in [3.63, 3.8) is 0 Å². The SMILES string of the molecule is COC(=O)C(CCOC(=O)c1cc(=O)[nH]c(SC)n1)OCc1ccccc1. The molecule has 0 saturated heterocycles. The van der Waals surface area contributed by atoms with Crippen LogP contribution in [-0.4, -0.2) is 48.0 Å². The van der Waals surface area contributed by atoms with Gasteiger partial charge in [-0.15, -0.1) is 0 Å². The van der Waals surface area contributed by atoms with E-state index < -0.39 is 23.6 Å². The van der Waals surface area contributed by atoms with Crippen LogP contribution in [0.5, 0.6) is 0 Å². The van der Waals surface area contributed by atoms with Gasteiger partial charge >= 0.3 is 11.9 Å². The van der Waals surface area contributed by atoms with Gasteiger partial charge in [-0.25, -0.2) is 14.6 Å². The largest absolute Gasteiger partial charge is 0.467 e. The highest BCUT2D eigenvalue weighted by molar-refractivity contribution is 7.98. The van der Waals surface area contributed by atoms with E-state index in [1.807, 2.05) is 30.3 Å². The van der Waals surface area contributed by atoms with Crippen molar-refractivity contribution >= 4 is 23.7 Å². The summed E-state index contributed by atoms with van der Waals surface area (Å²) < 4.78 is 15.4. The van der Waals surface area contributed by atoms with Crippen molar-refractivity contribution in [1.82, 2.24) is 9.97 Å². The van der Waals surface area contributed by atoms with Crippen LogP contribution >= 0.6 is 11.8 Å². The van der Waals surface area contributed by atoms with Gasteiger partial charge in [0.2, 0.25) is 0 Å². The van der Waals surface area contributed by atoms with E-state index >= 15 is 0 Å². The molecule has 0 aliphatic carbocycles. The third kappa shape index (κ3) is 6.54. The predicted molar refractivity (Wildman–Crippen MR) is 98.6 cm³/mol. The molecule has 0 amide bonds. The zero-order chi connectivity index (χ0) is 19.6. The number of nitrogens with one attached hydrogen (secondary N) is 1. The number of aromatic nitrogens is 2. The number of hydrogen-bond donors (Lipinski definition) is 1. The summed E-state index contributed by atoms with van der Waals surface area (Å²) in [6.45, 7) is 0.137. The first-order chi connectivity index (χ1) is 13.0. The number of esters is 2. The van der Waals surface area contributed by atoms with Crippen LogP contribution in [0.25, 0.3) is 0 Å². The Labute approximate surface area is 160 Å². The van der Waals surface area contributed by atoms with E-state index in [0.717, 1.165) is 11.6 Å². The average molecular weight is 392 g/mol. The fourth-order valence-corrected chi connectivity index (χ4v) is 2.53. The third-order valence-corrected chi connectivity index (χ3v) is 4.07. The van der Waals surface area contributed by atoms with Crippen LogP contribution in [-0.2, 0) is 25.6 Å². The minimum Gasteiger partial charge on any atom is -0.467 e. The van der Waals surface area contributed by atoms with E-state index in [1.165, 1.54) is 18.9 Å². The van der Waals surface area contributed by atoms with Gasteiger partial charge in [-0.1, -0.05) is 42.1 Å². The minimum absolute atomic E-state index is 0.0868. The molecule has 8 nitrogen and oxygen atoms in total. The number of nitrogens with zero attached hydrogens (tertiary/aromatic N) is 1. The molecule has 144 valence electrons. The van der Waals surface area contributed by atoms with E-state index in [1.54, 1.807) is 6.26 Å². The molecule has 1 aromatic carbocycles. The molecule has 0 bridgehead atoms. The van der Waals surface area contributed by atoms with E-state index in [-0.39, 0.29) is 25.3 Å². The number of hydrogen-bond acceptors (Lipinski definition) is 8. The Kier molecular flexibility index (Phi) is 8.02. The molecule has 1 unspecified atom stereocenters. The summed E-state index contributed by atoms with van der Waals surface area (Å²) in [6, 6.07) is 10.4. The lowest BCUT2D eigenvalue weighted by Crippen LogP contribution is -2.28. The summed E-state index contributed by atoms with van der Waals surface area (Å²) in [5.74, 6) is -1.30. The molecule has 1 heterocycles. The lowest BCUT2D eigenvalue weighted by Gasteiger charge is -2.15. The highest BCUT2D eigenvalue weighted by Gasteiger charge is 2.21. The number of H-pyrrole nitrogens is 1. The van der Waals surface area contributed by atoms with Crippen LogP contribution in [0.2, 0.25) is 0 Å². The number of thioether (sulfide) groups is 1. The Bertz CT molecular complexity index is 824. The normalized spacial score (nSPS) is 11.6. The first-order valence-electron chi connectivity index (χ1n) is 8.09. The summed E-state index contributed by atoms with van der Waals surface area (Å²) in [6.07, 6.45) is 0.958. The van der Waals surface area contributed by atoms with Gasteiger partial charge in [0.25, 0.3) is 5.56 Å². The van der Waals surface area contributed by atoms with Gasteiger partial charge in [-0.2, -0.15) is 0 Å². The predicted octanol–water partition coefficient (Wildman–Crippen LogP) is 1.80. The number of rotatable bonds is 9. The molecule has 0 aliphatic heterocycles. The molecule has 1 N–H and O–H groups in total. The van der Waals surface area contributed by atoms with Crippen molar-refractivity contribution < 1.29 is 23.8 Å². The van der Waals surface area contributed by atoms with Crippen molar-refractivity contribution in [2.75, 3.05) is 20.0 Å². The first-order valence-corrected chi connectivity index (χ1v) is 9.31. The standard InChI is InChI=1S/C18H20N2O6S/c1-24-17(23)14(26-11-12-6-4-3-5-7-12)8-9-25-16(22)13-10-15(21)20-18(19-13)27-2/h3-7,10,14H,8-9,11H2,1-2H3,(H,19,20,21). The molecule has 27 heavy (non-hydrogen) atoms. The topological polar surface area (TPSA) is 108 Å². The quantitative estimate of drug-likeness (QED) is 0.391. The van der Waals surface area contributed by atoms with E-state index in [9.17, 15) is 14.4 Å². The summed E-state index contributed by atoms with van der Waals surface area (Å²) in [5.41, 5.74) is 0.364. The van der Waals surface area contributed by atoms with Crippen LogP contribution in [0.1, 0.15) is 22.5 Å². The van der Waals surface area contributed by atoms with E-state index in [2.05, 4.69) is 9.97 Å². The van der Waals surface area contributed by atoms with Crippen molar-refractivity contribution in [1.29, 1.82) is 0 Å². The second kappa shape index (κ2) is 10.5. The van der Waals surface area contributed by atoms with Crippen LogP contribution in [0.4, 0.5) is 0 Å². The number of benzene rings is 1. The number of methoxy groups -OCH3 is 1. The molecule has 1 aromatic heterocycles. The summed E-state index contributed by atoms with van der Waals surface area (Å²) >= 11 is 1.20. The van der Waals surface area contributed by atoms with Gasteiger partial charge in [0.1, 0.15) is 0 Å².